The van der Waals surface area contributed by atoms with Gasteiger partial charge in [0, 0.05) is 26.1 Å². The fourth-order valence-corrected chi connectivity index (χ4v) is 1.46. The number of anilines is 1. The van der Waals surface area contributed by atoms with E-state index in [1.54, 1.807) is 18.1 Å². The zero-order chi connectivity index (χ0) is 8.55. The normalized spacial score (nSPS) is 17.4. The Balaban J connectivity index is 2.41. The predicted octanol–water partition coefficient (Wildman–Crippen LogP) is 0.640. The molecule has 1 aromatic heterocycles. The fraction of sp³-hybridized carbons (Fsp3) is 0.500. The van der Waals surface area contributed by atoms with E-state index in [9.17, 15) is 4.79 Å². The van der Waals surface area contributed by atoms with Crippen LogP contribution in [0.2, 0.25) is 0 Å². The molecular formula is C8H11N3O. The van der Waals surface area contributed by atoms with Crippen LogP contribution in [0.1, 0.15) is 12.8 Å². The molecule has 0 radical (unpaired) electrons. The molecule has 1 aromatic rings. The molecule has 0 spiro atoms. The average molecular weight is 165 g/mol. The second kappa shape index (κ2) is 2.62. The third kappa shape index (κ3) is 0.995. The highest BCUT2D eigenvalue weighted by Crippen LogP contribution is 2.17. The van der Waals surface area contributed by atoms with Gasteiger partial charge in [-0.2, -0.15) is 5.10 Å². The van der Waals surface area contributed by atoms with Gasteiger partial charge >= 0.3 is 0 Å². The van der Waals surface area contributed by atoms with Crippen molar-refractivity contribution >= 4 is 11.7 Å². The van der Waals surface area contributed by atoms with Crippen LogP contribution in [0.5, 0.6) is 0 Å². The lowest BCUT2D eigenvalue weighted by atomic mass is 10.3. The monoisotopic (exact) mass is 165 g/mol. The summed E-state index contributed by atoms with van der Waals surface area (Å²) in [6.45, 7) is 0.846. The SMILES string of the molecule is CN1C(=O)CCCn2nccc21. The van der Waals surface area contributed by atoms with Crippen LogP contribution >= 0.6 is 0 Å². The van der Waals surface area contributed by atoms with Gasteiger partial charge in [0.15, 0.2) is 0 Å². The molecule has 0 N–H and O–H groups in total. The third-order valence-electron chi connectivity index (χ3n) is 2.17. The Morgan fingerprint density at radius 3 is 3.25 bits per heavy atom. The maximum atomic E-state index is 11.4. The summed E-state index contributed by atoms with van der Waals surface area (Å²) in [5.41, 5.74) is 0. The standard InChI is InChI=1S/C8H11N3O/c1-10-7-4-5-9-11(7)6-2-3-8(10)12/h4-5H,2-3,6H2,1H3. The zero-order valence-electron chi connectivity index (χ0n) is 7.03. The van der Waals surface area contributed by atoms with Crippen LogP contribution in [-0.4, -0.2) is 22.7 Å². The molecule has 0 bridgehead atoms. The van der Waals surface area contributed by atoms with Crippen molar-refractivity contribution in [2.45, 2.75) is 19.4 Å². The molecule has 2 heterocycles. The first-order valence-electron chi connectivity index (χ1n) is 4.07. The number of fused-ring (bicyclic) bond motifs is 1. The molecule has 4 heteroatoms. The Morgan fingerprint density at radius 1 is 1.58 bits per heavy atom. The van der Waals surface area contributed by atoms with E-state index in [4.69, 9.17) is 0 Å². The number of nitrogens with zero attached hydrogens (tertiary/aromatic N) is 3. The number of rotatable bonds is 0. The summed E-state index contributed by atoms with van der Waals surface area (Å²) in [5, 5.41) is 4.12. The molecule has 0 fully saturated rings. The van der Waals surface area contributed by atoms with Gasteiger partial charge in [0.1, 0.15) is 5.82 Å². The summed E-state index contributed by atoms with van der Waals surface area (Å²) in [7, 11) is 1.79. The van der Waals surface area contributed by atoms with Gasteiger partial charge in [0.25, 0.3) is 0 Å². The first-order chi connectivity index (χ1) is 5.79. The van der Waals surface area contributed by atoms with E-state index in [-0.39, 0.29) is 5.91 Å². The van der Waals surface area contributed by atoms with Crippen LogP contribution in [0, 0.1) is 0 Å². The lowest BCUT2D eigenvalue weighted by Gasteiger charge is -2.13. The van der Waals surface area contributed by atoms with Crippen LogP contribution in [0.3, 0.4) is 0 Å². The van der Waals surface area contributed by atoms with E-state index in [0.717, 1.165) is 18.8 Å². The molecule has 1 aliphatic heterocycles. The second-order valence-electron chi connectivity index (χ2n) is 2.97. The first-order valence-corrected chi connectivity index (χ1v) is 4.07. The van der Waals surface area contributed by atoms with Crippen LogP contribution in [0.25, 0.3) is 0 Å². The topological polar surface area (TPSA) is 38.1 Å². The predicted molar refractivity (Wildman–Crippen MR) is 44.9 cm³/mol. The van der Waals surface area contributed by atoms with Crippen molar-refractivity contribution in [1.29, 1.82) is 0 Å². The molecule has 0 saturated carbocycles. The summed E-state index contributed by atoms with van der Waals surface area (Å²) in [6.07, 6.45) is 3.24. The Labute approximate surface area is 70.8 Å². The molecule has 0 saturated heterocycles. The smallest absolute Gasteiger partial charge is 0.227 e. The van der Waals surface area contributed by atoms with E-state index in [2.05, 4.69) is 5.10 Å². The van der Waals surface area contributed by atoms with Crippen molar-refractivity contribution in [3.05, 3.63) is 12.3 Å². The third-order valence-corrected chi connectivity index (χ3v) is 2.17. The number of carbonyl (C=O) groups excluding carboxylic acids is 1. The Hall–Kier alpha value is -1.32. The number of aromatic nitrogens is 2. The molecule has 64 valence electrons. The largest absolute Gasteiger partial charge is 0.300 e. The molecule has 0 aliphatic carbocycles. The molecule has 12 heavy (non-hydrogen) atoms. The van der Waals surface area contributed by atoms with Crippen LogP contribution in [-0.2, 0) is 11.3 Å². The van der Waals surface area contributed by atoms with Crippen molar-refractivity contribution in [2.75, 3.05) is 11.9 Å². The molecule has 0 atom stereocenters. The molecule has 1 amide bonds. The Morgan fingerprint density at radius 2 is 2.42 bits per heavy atom. The first kappa shape index (κ1) is 7.34. The van der Waals surface area contributed by atoms with Gasteiger partial charge in [-0.1, -0.05) is 0 Å². The summed E-state index contributed by atoms with van der Waals surface area (Å²) < 4.78 is 1.87. The highest BCUT2D eigenvalue weighted by Gasteiger charge is 2.18. The van der Waals surface area contributed by atoms with Crippen molar-refractivity contribution < 1.29 is 4.79 Å². The quantitative estimate of drug-likeness (QED) is 0.565. The van der Waals surface area contributed by atoms with E-state index in [1.165, 1.54) is 0 Å². The van der Waals surface area contributed by atoms with E-state index >= 15 is 0 Å². The zero-order valence-corrected chi connectivity index (χ0v) is 7.03. The minimum Gasteiger partial charge on any atom is -0.300 e. The highest BCUT2D eigenvalue weighted by molar-refractivity contribution is 5.92. The maximum Gasteiger partial charge on any atom is 0.227 e. The van der Waals surface area contributed by atoms with E-state index in [1.807, 2.05) is 10.7 Å². The summed E-state index contributed by atoms with van der Waals surface area (Å²) in [6, 6.07) is 1.86. The van der Waals surface area contributed by atoms with Crippen molar-refractivity contribution in [3.63, 3.8) is 0 Å². The minimum atomic E-state index is 0.175. The van der Waals surface area contributed by atoms with Gasteiger partial charge in [-0.3, -0.25) is 4.79 Å². The van der Waals surface area contributed by atoms with Crippen molar-refractivity contribution in [1.82, 2.24) is 9.78 Å². The number of amides is 1. The molecule has 4 nitrogen and oxygen atoms in total. The number of carbonyl (C=O) groups is 1. The van der Waals surface area contributed by atoms with Crippen LogP contribution < -0.4 is 4.90 Å². The highest BCUT2D eigenvalue weighted by atomic mass is 16.2. The van der Waals surface area contributed by atoms with Gasteiger partial charge in [0.2, 0.25) is 5.91 Å². The lowest BCUT2D eigenvalue weighted by molar-refractivity contribution is -0.118. The summed E-state index contributed by atoms with van der Waals surface area (Å²) >= 11 is 0. The lowest BCUT2D eigenvalue weighted by Crippen LogP contribution is -2.25. The van der Waals surface area contributed by atoms with Crippen LogP contribution in [0.4, 0.5) is 5.82 Å². The summed E-state index contributed by atoms with van der Waals surface area (Å²) in [4.78, 5) is 13.0. The van der Waals surface area contributed by atoms with Gasteiger partial charge in [-0.15, -0.1) is 0 Å². The van der Waals surface area contributed by atoms with E-state index in [0.29, 0.717) is 6.42 Å². The molecule has 0 aromatic carbocycles. The second-order valence-corrected chi connectivity index (χ2v) is 2.97. The number of hydrogen-bond acceptors (Lipinski definition) is 2. The van der Waals surface area contributed by atoms with Gasteiger partial charge in [-0.25, -0.2) is 4.68 Å². The average Bonchev–Trinajstić information content (AvgIpc) is 2.46. The van der Waals surface area contributed by atoms with Gasteiger partial charge in [0.05, 0.1) is 6.20 Å². The molecular weight excluding hydrogens is 154 g/mol. The molecule has 0 unspecified atom stereocenters. The fourth-order valence-electron chi connectivity index (χ4n) is 1.46. The Bertz CT molecular complexity index is 305. The van der Waals surface area contributed by atoms with Gasteiger partial charge in [-0.05, 0) is 6.42 Å². The molecule has 1 aliphatic rings. The maximum absolute atomic E-state index is 11.4. The molecule has 2 rings (SSSR count). The van der Waals surface area contributed by atoms with Crippen LogP contribution in [0.15, 0.2) is 12.3 Å². The van der Waals surface area contributed by atoms with Gasteiger partial charge < -0.3 is 4.90 Å². The Kier molecular flexibility index (Phi) is 1.60. The number of hydrogen-bond donors (Lipinski definition) is 0. The summed E-state index contributed by atoms with van der Waals surface area (Å²) in [5.74, 6) is 1.08. The minimum absolute atomic E-state index is 0.175. The van der Waals surface area contributed by atoms with E-state index < -0.39 is 0 Å². The van der Waals surface area contributed by atoms with Crippen molar-refractivity contribution in [3.8, 4) is 0 Å². The van der Waals surface area contributed by atoms with Crippen molar-refractivity contribution in [2.24, 2.45) is 0 Å². The number of aryl methyl sites for hydroxylation is 1.